The minimum absolute atomic E-state index is 0.0919. The van der Waals surface area contributed by atoms with Gasteiger partial charge in [-0.2, -0.15) is 0 Å². The summed E-state index contributed by atoms with van der Waals surface area (Å²) in [6.07, 6.45) is 4.78. The van der Waals surface area contributed by atoms with Crippen molar-refractivity contribution in [3.05, 3.63) is 60.2 Å². The lowest BCUT2D eigenvalue weighted by atomic mass is 9.75. The van der Waals surface area contributed by atoms with Gasteiger partial charge in [0.1, 0.15) is 11.7 Å². The van der Waals surface area contributed by atoms with Gasteiger partial charge < -0.3 is 20.7 Å². The predicted molar refractivity (Wildman–Crippen MR) is 105 cm³/mol. The van der Waals surface area contributed by atoms with Crippen molar-refractivity contribution in [2.45, 2.75) is 38.7 Å². The molecule has 1 aromatic heterocycles. The molecular formula is C19H25BN4O4. The maximum Gasteiger partial charge on any atom is 0.475 e. The summed E-state index contributed by atoms with van der Waals surface area (Å²) in [5.41, 5.74) is 0.946. The first-order valence-electron chi connectivity index (χ1n) is 9.14. The Labute approximate surface area is 164 Å². The highest BCUT2D eigenvalue weighted by molar-refractivity contribution is 6.43. The van der Waals surface area contributed by atoms with Crippen LogP contribution in [0.1, 0.15) is 36.3 Å². The Morgan fingerprint density at radius 3 is 2.39 bits per heavy atom. The zero-order valence-electron chi connectivity index (χ0n) is 15.9. The van der Waals surface area contributed by atoms with E-state index in [2.05, 4.69) is 20.6 Å². The molecule has 2 atom stereocenters. The molecule has 1 heterocycles. The molecule has 0 saturated heterocycles. The Kier molecular flexibility index (Phi) is 8.10. The second-order valence-corrected chi connectivity index (χ2v) is 6.96. The Morgan fingerprint density at radius 1 is 1.11 bits per heavy atom. The largest absolute Gasteiger partial charge is 0.475 e. The molecule has 0 aliphatic heterocycles. The van der Waals surface area contributed by atoms with Crippen LogP contribution in [0.3, 0.4) is 0 Å². The second kappa shape index (κ2) is 10.5. The standard InChI is InChI=1S/C19H25BN4O4/c1-13(2)10-17(20(27)28)24-18(25)15(11-14-6-4-3-5-7-14)23-19(26)16-12-21-8-9-22-16/h3-9,12-13,15,17,27-28H,10-11H2,1-2H3,(H,23,26)(H,24,25)/t15-,17+/m1/s1. The van der Waals surface area contributed by atoms with E-state index in [1.54, 1.807) is 0 Å². The zero-order chi connectivity index (χ0) is 20.5. The summed E-state index contributed by atoms with van der Waals surface area (Å²) >= 11 is 0. The highest BCUT2D eigenvalue weighted by Gasteiger charge is 2.30. The molecule has 2 aromatic rings. The molecule has 148 valence electrons. The summed E-state index contributed by atoms with van der Waals surface area (Å²) < 4.78 is 0. The van der Waals surface area contributed by atoms with Gasteiger partial charge in [-0.1, -0.05) is 44.2 Å². The van der Waals surface area contributed by atoms with E-state index < -0.39 is 30.9 Å². The molecule has 0 fully saturated rings. The van der Waals surface area contributed by atoms with Crippen LogP contribution in [0, 0.1) is 5.92 Å². The van der Waals surface area contributed by atoms with E-state index in [1.165, 1.54) is 18.6 Å². The Balaban J connectivity index is 2.16. The van der Waals surface area contributed by atoms with Crippen molar-refractivity contribution >= 4 is 18.9 Å². The molecule has 28 heavy (non-hydrogen) atoms. The normalized spacial score (nSPS) is 12.9. The number of nitrogens with zero attached hydrogens (tertiary/aromatic N) is 2. The van der Waals surface area contributed by atoms with Crippen molar-refractivity contribution in [1.29, 1.82) is 0 Å². The van der Waals surface area contributed by atoms with Crippen LogP contribution in [0.4, 0.5) is 0 Å². The highest BCUT2D eigenvalue weighted by atomic mass is 16.4. The van der Waals surface area contributed by atoms with Gasteiger partial charge in [-0.25, -0.2) is 4.98 Å². The number of aromatic nitrogens is 2. The van der Waals surface area contributed by atoms with Gasteiger partial charge in [0, 0.05) is 18.8 Å². The third kappa shape index (κ3) is 6.75. The average molecular weight is 384 g/mol. The topological polar surface area (TPSA) is 124 Å². The molecule has 4 N–H and O–H groups in total. The van der Waals surface area contributed by atoms with E-state index in [0.717, 1.165) is 5.56 Å². The highest BCUT2D eigenvalue weighted by Crippen LogP contribution is 2.09. The van der Waals surface area contributed by atoms with Gasteiger partial charge in [-0.3, -0.25) is 14.6 Å². The molecule has 0 aliphatic rings. The number of hydrogen-bond acceptors (Lipinski definition) is 6. The van der Waals surface area contributed by atoms with E-state index in [4.69, 9.17) is 0 Å². The molecule has 9 heteroatoms. The Bertz CT molecular complexity index is 759. The molecule has 0 spiro atoms. The molecule has 0 saturated carbocycles. The second-order valence-electron chi connectivity index (χ2n) is 6.96. The smallest absolute Gasteiger partial charge is 0.426 e. The monoisotopic (exact) mass is 384 g/mol. The van der Waals surface area contributed by atoms with Gasteiger partial charge >= 0.3 is 7.12 Å². The number of amides is 2. The van der Waals surface area contributed by atoms with Gasteiger partial charge in [0.05, 0.1) is 12.1 Å². The lowest BCUT2D eigenvalue weighted by molar-refractivity contribution is -0.123. The first kappa shape index (κ1) is 21.5. The SMILES string of the molecule is CC(C)C[C@H](NC(=O)[C@@H](Cc1ccccc1)NC(=O)c1cnccn1)B(O)O. The molecule has 0 aliphatic carbocycles. The van der Waals surface area contributed by atoms with Crippen LogP contribution in [-0.4, -0.2) is 50.9 Å². The lowest BCUT2D eigenvalue weighted by Gasteiger charge is -2.24. The fraction of sp³-hybridized carbons (Fsp3) is 0.368. The Morgan fingerprint density at radius 2 is 1.82 bits per heavy atom. The molecule has 2 rings (SSSR count). The van der Waals surface area contributed by atoms with E-state index in [-0.39, 0.29) is 18.0 Å². The number of hydrogen-bond donors (Lipinski definition) is 4. The van der Waals surface area contributed by atoms with Gasteiger partial charge in [0.15, 0.2) is 0 Å². The number of carbonyl (C=O) groups excluding carboxylic acids is 2. The third-order valence-corrected chi connectivity index (χ3v) is 4.11. The van der Waals surface area contributed by atoms with Gasteiger partial charge in [-0.05, 0) is 17.9 Å². The molecule has 8 nitrogen and oxygen atoms in total. The fourth-order valence-corrected chi connectivity index (χ4v) is 2.75. The van der Waals surface area contributed by atoms with Crippen LogP contribution in [-0.2, 0) is 11.2 Å². The van der Waals surface area contributed by atoms with Crippen LogP contribution < -0.4 is 10.6 Å². The van der Waals surface area contributed by atoms with Crippen LogP contribution in [0.2, 0.25) is 0 Å². The zero-order valence-corrected chi connectivity index (χ0v) is 15.9. The maximum atomic E-state index is 12.8. The van der Waals surface area contributed by atoms with Crippen molar-refractivity contribution in [1.82, 2.24) is 20.6 Å². The van der Waals surface area contributed by atoms with Crippen LogP contribution >= 0.6 is 0 Å². The molecule has 0 unspecified atom stereocenters. The quantitative estimate of drug-likeness (QED) is 0.463. The molecular weight excluding hydrogens is 359 g/mol. The average Bonchev–Trinajstić information content (AvgIpc) is 2.68. The predicted octanol–water partition coefficient (Wildman–Crippen LogP) is 0.361. The van der Waals surface area contributed by atoms with Crippen LogP contribution in [0.25, 0.3) is 0 Å². The summed E-state index contributed by atoms with van der Waals surface area (Å²) in [7, 11) is -1.69. The van der Waals surface area contributed by atoms with Gasteiger partial charge in [0.2, 0.25) is 5.91 Å². The van der Waals surface area contributed by atoms with Gasteiger partial charge in [-0.15, -0.1) is 0 Å². The lowest BCUT2D eigenvalue weighted by Crippen LogP contribution is -2.55. The third-order valence-electron chi connectivity index (χ3n) is 4.11. The molecule has 2 amide bonds. The van der Waals surface area contributed by atoms with Crippen molar-refractivity contribution in [2.75, 3.05) is 0 Å². The summed E-state index contributed by atoms with van der Waals surface area (Å²) in [6.45, 7) is 3.83. The molecule has 0 bridgehead atoms. The molecule has 1 aromatic carbocycles. The number of rotatable bonds is 9. The number of carbonyl (C=O) groups is 2. The number of benzene rings is 1. The van der Waals surface area contributed by atoms with Crippen molar-refractivity contribution in [3.8, 4) is 0 Å². The fourth-order valence-electron chi connectivity index (χ4n) is 2.75. The van der Waals surface area contributed by atoms with E-state index in [0.29, 0.717) is 6.42 Å². The first-order valence-corrected chi connectivity index (χ1v) is 9.14. The van der Waals surface area contributed by atoms with Crippen molar-refractivity contribution in [2.24, 2.45) is 5.92 Å². The summed E-state index contributed by atoms with van der Waals surface area (Å²) in [5.74, 6) is -1.72. The van der Waals surface area contributed by atoms with Crippen LogP contribution in [0.15, 0.2) is 48.9 Å². The Hall–Kier alpha value is -2.78. The first-order chi connectivity index (χ1) is 13.4. The van der Waals surface area contributed by atoms with E-state index in [9.17, 15) is 19.6 Å². The maximum absolute atomic E-state index is 12.8. The van der Waals surface area contributed by atoms with E-state index >= 15 is 0 Å². The molecule has 0 radical (unpaired) electrons. The number of nitrogens with one attached hydrogen (secondary N) is 2. The van der Waals surface area contributed by atoms with Crippen LogP contribution in [0.5, 0.6) is 0 Å². The minimum atomic E-state index is -1.69. The summed E-state index contributed by atoms with van der Waals surface area (Å²) in [4.78, 5) is 33.1. The van der Waals surface area contributed by atoms with Crippen molar-refractivity contribution in [3.63, 3.8) is 0 Å². The summed E-state index contributed by atoms with van der Waals surface area (Å²) in [5, 5.41) is 24.5. The van der Waals surface area contributed by atoms with E-state index in [1.807, 2.05) is 44.2 Å². The minimum Gasteiger partial charge on any atom is -0.426 e. The van der Waals surface area contributed by atoms with Gasteiger partial charge in [0.25, 0.3) is 5.91 Å². The summed E-state index contributed by atoms with van der Waals surface area (Å²) in [6, 6.07) is 8.33. The van der Waals surface area contributed by atoms with Crippen molar-refractivity contribution < 1.29 is 19.6 Å².